The van der Waals surface area contributed by atoms with E-state index in [0.29, 0.717) is 18.8 Å². The highest BCUT2D eigenvalue weighted by Crippen LogP contribution is 2.49. The molecule has 1 amide bonds. The van der Waals surface area contributed by atoms with E-state index in [4.69, 9.17) is 5.73 Å². The van der Waals surface area contributed by atoms with Gasteiger partial charge in [-0.15, -0.1) is 32.9 Å². The number of rotatable bonds is 4. The third-order valence-electron chi connectivity index (χ3n) is 4.92. The van der Waals surface area contributed by atoms with Crippen LogP contribution in [0.15, 0.2) is 17.5 Å². The minimum Gasteiger partial charge on any atom is -0.344 e. The van der Waals surface area contributed by atoms with Gasteiger partial charge < -0.3 is 10.6 Å². The lowest BCUT2D eigenvalue weighted by Gasteiger charge is -2.30. The van der Waals surface area contributed by atoms with Crippen LogP contribution in [0.25, 0.3) is 0 Å². The van der Waals surface area contributed by atoms with Gasteiger partial charge in [0.1, 0.15) is 0 Å². The molecule has 0 aliphatic heterocycles. The summed E-state index contributed by atoms with van der Waals surface area (Å²) in [5.41, 5.74) is 7.76. The number of nitrogens with zero attached hydrogens (tertiary/aromatic N) is 4. The van der Waals surface area contributed by atoms with Crippen LogP contribution in [0.2, 0.25) is 0 Å². The van der Waals surface area contributed by atoms with Gasteiger partial charge in [-0.05, 0) is 54.4 Å². The van der Waals surface area contributed by atoms with Crippen LogP contribution in [0, 0.1) is 0 Å². The Labute approximate surface area is 159 Å². The van der Waals surface area contributed by atoms with Crippen molar-refractivity contribution in [3.8, 4) is 0 Å². The summed E-state index contributed by atoms with van der Waals surface area (Å²) in [6.45, 7) is 0.482. The quantitative estimate of drug-likeness (QED) is 0.710. The first-order chi connectivity index (χ1) is 12.6. The van der Waals surface area contributed by atoms with Gasteiger partial charge in [-0.2, -0.15) is 5.21 Å². The number of carbonyl (C=O) groups excluding carboxylic acids is 1. The normalized spacial score (nSPS) is 18.9. The third kappa shape index (κ3) is 2.50. The zero-order chi connectivity index (χ0) is 18.3. The van der Waals surface area contributed by atoms with Crippen molar-refractivity contribution in [1.82, 2.24) is 25.5 Å². The van der Waals surface area contributed by atoms with Crippen molar-refractivity contribution in [3.05, 3.63) is 49.1 Å². The lowest BCUT2D eigenvalue weighted by molar-refractivity contribution is 0.0832. The number of aryl methyl sites for hydroxylation is 2. The molecule has 0 bridgehead atoms. The topological polar surface area (TPSA) is 101 Å². The molecule has 3 aromatic heterocycles. The lowest BCUT2D eigenvalue weighted by atomic mass is 9.72. The van der Waals surface area contributed by atoms with Crippen molar-refractivity contribution in [2.75, 3.05) is 20.6 Å². The fraction of sp³-hybridized carbons (Fsp3) is 0.412. The Morgan fingerprint density at radius 3 is 2.85 bits per heavy atom. The first-order valence-electron chi connectivity index (χ1n) is 8.43. The van der Waals surface area contributed by atoms with Crippen molar-refractivity contribution in [2.24, 2.45) is 5.73 Å². The molecule has 0 fully saturated rings. The van der Waals surface area contributed by atoms with Gasteiger partial charge in [0.05, 0.1) is 10.3 Å². The molecule has 1 atom stereocenters. The molecule has 7 nitrogen and oxygen atoms in total. The van der Waals surface area contributed by atoms with E-state index in [9.17, 15) is 4.79 Å². The summed E-state index contributed by atoms with van der Waals surface area (Å²) >= 11 is 3.33. The third-order valence-corrected chi connectivity index (χ3v) is 7.08. The zero-order valence-corrected chi connectivity index (χ0v) is 16.3. The second-order valence-corrected chi connectivity index (χ2v) is 8.72. The predicted molar refractivity (Wildman–Crippen MR) is 102 cm³/mol. The Morgan fingerprint density at radius 1 is 1.35 bits per heavy atom. The molecule has 0 radical (unpaired) electrons. The number of fused-ring (bicyclic) bond motifs is 2. The fourth-order valence-corrected chi connectivity index (χ4v) is 5.99. The highest BCUT2D eigenvalue weighted by Gasteiger charge is 2.45. The van der Waals surface area contributed by atoms with Gasteiger partial charge >= 0.3 is 0 Å². The predicted octanol–water partition coefficient (Wildman–Crippen LogP) is 1.81. The second kappa shape index (κ2) is 6.57. The number of thiophene rings is 2. The number of hydrogen-bond acceptors (Lipinski definition) is 7. The van der Waals surface area contributed by atoms with Gasteiger partial charge in [-0.3, -0.25) is 4.79 Å². The van der Waals surface area contributed by atoms with Gasteiger partial charge in [-0.25, -0.2) is 0 Å². The number of aromatic amines is 1. The van der Waals surface area contributed by atoms with Gasteiger partial charge in [0.2, 0.25) is 0 Å². The summed E-state index contributed by atoms with van der Waals surface area (Å²) in [5.74, 6) is 0.635. The molecule has 0 saturated heterocycles. The molecule has 4 rings (SSSR count). The van der Waals surface area contributed by atoms with Crippen LogP contribution in [0.4, 0.5) is 0 Å². The highest BCUT2D eigenvalue weighted by molar-refractivity contribution is 7.14. The van der Waals surface area contributed by atoms with Crippen LogP contribution in [0.5, 0.6) is 0 Å². The van der Waals surface area contributed by atoms with E-state index in [2.05, 4.69) is 32.1 Å². The Morgan fingerprint density at radius 2 is 2.15 bits per heavy atom. The van der Waals surface area contributed by atoms with E-state index >= 15 is 0 Å². The molecule has 0 saturated carbocycles. The SMILES string of the molecule is CN(C)C(=O)c1cc2c(s1)CCc1sccc1C2(CCN)c1nn[nH]n1. The second-order valence-electron chi connectivity index (χ2n) is 6.58. The van der Waals surface area contributed by atoms with E-state index in [1.165, 1.54) is 15.3 Å². The number of aromatic nitrogens is 4. The van der Waals surface area contributed by atoms with E-state index in [1.54, 1.807) is 41.7 Å². The molecular formula is C17H20N6OS2. The Bertz CT molecular complexity index is 929. The average molecular weight is 389 g/mol. The molecular weight excluding hydrogens is 368 g/mol. The molecule has 3 N–H and O–H groups in total. The van der Waals surface area contributed by atoms with Gasteiger partial charge in [0, 0.05) is 23.8 Å². The standard InChI is InChI=1S/C17H20N6OS2/c1-23(2)15(24)14-9-11-13(26-14)4-3-12-10(5-8-25-12)17(11,6-7-18)16-19-21-22-20-16/h5,8-9H,3-4,6-7,18H2,1-2H3,(H,19,20,21,22). The van der Waals surface area contributed by atoms with E-state index in [0.717, 1.165) is 23.3 Å². The molecule has 136 valence electrons. The Kier molecular flexibility index (Phi) is 4.37. The van der Waals surface area contributed by atoms with Gasteiger partial charge in [0.15, 0.2) is 5.82 Å². The number of nitrogens with one attached hydrogen (secondary N) is 1. The maximum Gasteiger partial charge on any atom is 0.263 e. The zero-order valence-electron chi connectivity index (χ0n) is 14.7. The molecule has 3 heterocycles. The summed E-state index contributed by atoms with van der Waals surface area (Å²) in [6.07, 6.45) is 2.51. The fourth-order valence-electron chi connectivity index (χ4n) is 3.77. The smallest absolute Gasteiger partial charge is 0.263 e. The minimum absolute atomic E-state index is 0.0170. The number of amides is 1. The molecule has 1 aliphatic rings. The Balaban J connectivity index is 2.00. The Hall–Kier alpha value is -2.10. The van der Waals surface area contributed by atoms with Crippen LogP contribution in [0.3, 0.4) is 0 Å². The van der Waals surface area contributed by atoms with Gasteiger partial charge in [0.25, 0.3) is 5.91 Å². The summed E-state index contributed by atoms with van der Waals surface area (Å²) in [5, 5.41) is 17.2. The number of H-pyrrole nitrogens is 1. The number of nitrogens with two attached hydrogens (primary N) is 1. The van der Waals surface area contributed by atoms with E-state index in [1.807, 2.05) is 6.07 Å². The first kappa shape index (κ1) is 17.3. The molecule has 0 aromatic carbocycles. The molecule has 1 unspecified atom stereocenters. The number of carbonyl (C=O) groups is 1. The lowest BCUT2D eigenvalue weighted by Crippen LogP contribution is -2.34. The molecule has 3 aromatic rings. The summed E-state index contributed by atoms with van der Waals surface area (Å²) in [4.78, 5) is 17.4. The van der Waals surface area contributed by atoms with E-state index < -0.39 is 5.41 Å². The van der Waals surface area contributed by atoms with Crippen molar-refractivity contribution in [3.63, 3.8) is 0 Å². The molecule has 26 heavy (non-hydrogen) atoms. The van der Waals surface area contributed by atoms with Crippen molar-refractivity contribution in [2.45, 2.75) is 24.7 Å². The van der Waals surface area contributed by atoms with Crippen molar-refractivity contribution in [1.29, 1.82) is 0 Å². The largest absolute Gasteiger partial charge is 0.344 e. The maximum atomic E-state index is 12.6. The molecule has 1 aliphatic carbocycles. The number of tetrazole rings is 1. The van der Waals surface area contributed by atoms with Crippen LogP contribution in [-0.4, -0.2) is 52.1 Å². The van der Waals surface area contributed by atoms with Crippen LogP contribution >= 0.6 is 22.7 Å². The van der Waals surface area contributed by atoms with Crippen LogP contribution in [0.1, 0.15) is 42.8 Å². The molecule has 0 spiro atoms. The minimum atomic E-state index is -0.565. The summed E-state index contributed by atoms with van der Waals surface area (Å²) < 4.78 is 0. The molecule has 9 heteroatoms. The van der Waals surface area contributed by atoms with Crippen molar-refractivity contribution < 1.29 is 4.79 Å². The van der Waals surface area contributed by atoms with E-state index in [-0.39, 0.29) is 5.91 Å². The highest BCUT2D eigenvalue weighted by atomic mass is 32.1. The monoisotopic (exact) mass is 388 g/mol. The van der Waals surface area contributed by atoms with Crippen molar-refractivity contribution >= 4 is 28.6 Å². The average Bonchev–Trinajstić information content (AvgIpc) is 3.37. The maximum absolute atomic E-state index is 12.6. The number of hydrogen-bond donors (Lipinski definition) is 2. The van der Waals surface area contributed by atoms with Crippen LogP contribution in [-0.2, 0) is 18.3 Å². The summed E-state index contributed by atoms with van der Waals surface area (Å²) in [6, 6.07) is 4.16. The van der Waals surface area contributed by atoms with Gasteiger partial charge in [-0.1, -0.05) is 5.21 Å². The van der Waals surface area contributed by atoms with Crippen LogP contribution < -0.4 is 5.73 Å². The first-order valence-corrected chi connectivity index (χ1v) is 10.1. The summed E-state index contributed by atoms with van der Waals surface area (Å²) in [7, 11) is 3.55.